The molecule has 0 radical (unpaired) electrons. The van der Waals surface area contributed by atoms with E-state index in [4.69, 9.17) is 9.47 Å². The Morgan fingerprint density at radius 2 is 1.70 bits per heavy atom. The minimum absolute atomic E-state index is 0.0378. The molecular weight excluding hydrogens is 421 g/mol. The summed E-state index contributed by atoms with van der Waals surface area (Å²) >= 11 is 0. The van der Waals surface area contributed by atoms with Gasteiger partial charge in [-0.25, -0.2) is 26.3 Å². The van der Waals surface area contributed by atoms with Gasteiger partial charge in [0.1, 0.15) is 4.90 Å². The van der Waals surface area contributed by atoms with Gasteiger partial charge in [0, 0.05) is 19.6 Å². The maximum atomic E-state index is 13.8. The Morgan fingerprint density at radius 3 is 2.37 bits per heavy atom. The Hall–Kier alpha value is -2.30. The van der Waals surface area contributed by atoms with E-state index < -0.39 is 32.4 Å². The number of sulfonamides is 1. The lowest BCUT2D eigenvalue weighted by Gasteiger charge is -2.29. The molecule has 30 heavy (non-hydrogen) atoms. The van der Waals surface area contributed by atoms with E-state index >= 15 is 0 Å². The van der Waals surface area contributed by atoms with Gasteiger partial charge in [-0.15, -0.1) is 0 Å². The summed E-state index contributed by atoms with van der Waals surface area (Å²) in [6, 6.07) is 5.20. The van der Waals surface area contributed by atoms with Crippen LogP contribution in [0.4, 0.5) is 13.2 Å². The zero-order valence-corrected chi connectivity index (χ0v) is 17.5. The van der Waals surface area contributed by atoms with Crippen LogP contribution in [0.25, 0.3) is 0 Å². The van der Waals surface area contributed by atoms with Crippen molar-refractivity contribution >= 4 is 10.0 Å². The van der Waals surface area contributed by atoms with Crippen molar-refractivity contribution in [2.24, 2.45) is 0 Å². The van der Waals surface area contributed by atoms with Gasteiger partial charge >= 0.3 is 0 Å². The number of fused-ring (bicyclic) bond motifs is 1. The number of nitrogens with one attached hydrogen (secondary N) is 1. The van der Waals surface area contributed by atoms with Crippen LogP contribution in [0.15, 0.2) is 29.2 Å². The smallest absolute Gasteiger partial charge is 0.243 e. The molecule has 2 aromatic rings. The van der Waals surface area contributed by atoms with Crippen LogP contribution >= 0.6 is 0 Å². The highest BCUT2D eigenvalue weighted by Crippen LogP contribution is 2.33. The summed E-state index contributed by atoms with van der Waals surface area (Å²) in [6.07, 6.45) is 1.29. The number of nitrogens with zero attached hydrogens (tertiary/aromatic N) is 1. The fourth-order valence-electron chi connectivity index (χ4n) is 3.44. The molecule has 2 aromatic carbocycles. The summed E-state index contributed by atoms with van der Waals surface area (Å²) in [4.78, 5) is 1.26. The lowest BCUT2D eigenvalue weighted by Crippen LogP contribution is -2.34. The molecule has 0 amide bonds. The van der Waals surface area contributed by atoms with Crippen LogP contribution in [-0.2, 0) is 23.0 Å². The standard InChI is InChI=1S/C20H23F3N2O4S/c1-28-16-10-13-6-9-25(12-14(13)11-17(16)29-2)8-3-7-24-30(26,27)18-5-4-15(21)19(22)20(18)23/h4-5,10-11,24H,3,6-9,12H2,1-2H3. The van der Waals surface area contributed by atoms with Gasteiger partial charge in [-0.3, -0.25) is 4.90 Å². The lowest BCUT2D eigenvalue weighted by molar-refractivity contribution is 0.250. The normalized spacial score (nSPS) is 14.4. The molecule has 0 atom stereocenters. The maximum absolute atomic E-state index is 13.8. The molecule has 0 saturated carbocycles. The number of halogens is 3. The summed E-state index contributed by atoms with van der Waals surface area (Å²) < 4.78 is 77.3. The Kier molecular flexibility index (Phi) is 6.89. The molecule has 1 aliphatic rings. The first-order valence-electron chi connectivity index (χ1n) is 9.36. The first kappa shape index (κ1) is 22.4. The van der Waals surface area contributed by atoms with Crippen molar-refractivity contribution in [3.63, 3.8) is 0 Å². The number of rotatable bonds is 8. The molecule has 1 heterocycles. The predicted octanol–water partition coefficient (Wildman–Crippen LogP) is 2.85. The van der Waals surface area contributed by atoms with Crippen LogP contribution in [0, 0.1) is 17.5 Å². The molecule has 0 fully saturated rings. The van der Waals surface area contributed by atoms with Gasteiger partial charge in [-0.1, -0.05) is 0 Å². The maximum Gasteiger partial charge on any atom is 0.243 e. The summed E-state index contributed by atoms with van der Waals surface area (Å²) in [5.74, 6) is -3.63. The van der Waals surface area contributed by atoms with Gasteiger partial charge in [-0.2, -0.15) is 0 Å². The van der Waals surface area contributed by atoms with E-state index in [1.54, 1.807) is 14.2 Å². The highest BCUT2D eigenvalue weighted by atomic mass is 32.2. The second-order valence-corrected chi connectivity index (χ2v) is 8.66. The average Bonchev–Trinajstić information content (AvgIpc) is 2.73. The van der Waals surface area contributed by atoms with Crippen molar-refractivity contribution in [1.29, 1.82) is 0 Å². The third-order valence-electron chi connectivity index (χ3n) is 5.03. The molecular formula is C20H23F3N2O4S. The Morgan fingerprint density at radius 1 is 1.03 bits per heavy atom. The molecule has 3 rings (SSSR count). The van der Waals surface area contributed by atoms with Crippen LogP contribution in [0.3, 0.4) is 0 Å². The molecule has 6 nitrogen and oxygen atoms in total. The quantitative estimate of drug-likeness (QED) is 0.501. The predicted molar refractivity (Wildman–Crippen MR) is 105 cm³/mol. The fourth-order valence-corrected chi connectivity index (χ4v) is 4.58. The molecule has 1 aliphatic heterocycles. The third-order valence-corrected chi connectivity index (χ3v) is 6.51. The monoisotopic (exact) mass is 444 g/mol. The highest BCUT2D eigenvalue weighted by Gasteiger charge is 2.24. The minimum Gasteiger partial charge on any atom is -0.493 e. The van der Waals surface area contributed by atoms with Crippen molar-refractivity contribution < 1.29 is 31.1 Å². The van der Waals surface area contributed by atoms with E-state index in [0.717, 1.165) is 18.5 Å². The highest BCUT2D eigenvalue weighted by molar-refractivity contribution is 7.89. The van der Waals surface area contributed by atoms with Gasteiger partial charge in [0.15, 0.2) is 29.0 Å². The van der Waals surface area contributed by atoms with E-state index in [9.17, 15) is 21.6 Å². The number of hydrogen-bond acceptors (Lipinski definition) is 5. The first-order chi connectivity index (χ1) is 14.3. The molecule has 0 aliphatic carbocycles. The van der Waals surface area contributed by atoms with Gasteiger partial charge < -0.3 is 9.47 Å². The van der Waals surface area contributed by atoms with Crippen molar-refractivity contribution in [1.82, 2.24) is 9.62 Å². The molecule has 0 aromatic heterocycles. The number of benzene rings is 2. The van der Waals surface area contributed by atoms with Crippen molar-refractivity contribution in [2.45, 2.75) is 24.3 Å². The van der Waals surface area contributed by atoms with Gasteiger partial charge in [-0.05, 0) is 54.8 Å². The van der Waals surface area contributed by atoms with Gasteiger partial charge in [0.05, 0.1) is 14.2 Å². The van der Waals surface area contributed by atoms with E-state index in [1.807, 2.05) is 12.1 Å². The summed E-state index contributed by atoms with van der Waals surface area (Å²) in [5.41, 5.74) is 2.29. The lowest BCUT2D eigenvalue weighted by atomic mass is 9.98. The van der Waals surface area contributed by atoms with Gasteiger partial charge in [0.2, 0.25) is 10.0 Å². The van der Waals surface area contributed by atoms with Crippen LogP contribution in [0.1, 0.15) is 17.5 Å². The average molecular weight is 444 g/mol. The SMILES string of the molecule is COc1cc2c(cc1OC)CN(CCCNS(=O)(=O)c1ccc(F)c(F)c1F)CC2. The molecule has 0 unspecified atom stereocenters. The molecule has 10 heteroatoms. The van der Waals surface area contributed by atoms with E-state index in [1.165, 1.54) is 5.56 Å². The van der Waals surface area contributed by atoms with Crippen LogP contribution in [0.5, 0.6) is 11.5 Å². The van der Waals surface area contributed by atoms with E-state index in [2.05, 4.69) is 9.62 Å². The largest absolute Gasteiger partial charge is 0.493 e. The van der Waals surface area contributed by atoms with Crippen molar-refractivity contribution in [3.05, 3.63) is 52.8 Å². The van der Waals surface area contributed by atoms with Crippen LogP contribution in [0.2, 0.25) is 0 Å². The molecule has 1 N–H and O–H groups in total. The molecule has 0 saturated heterocycles. The molecule has 0 bridgehead atoms. The topological polar surface area (TPSA) is 67.9 Å². The fraction of sp³-hybridized carbons (Fsp3) is 0.400. The third kappa shape index (κ3) is 4.71. The van der Waals surface area contributed by atoms with Crippen molar-refractivity contribution in [2.75, 3.05) is 33.9 Å². The first-order valence-corrected chi connectivity index (χ1v) is 10.8. The summed E-state index contributed by atoms with van der Waals surface area (Å²) in [5, 5.41) is 0. The number of methoxy groups -OCH3 is 2. The summed E-state index contributed by atoms with van der Waals surface area (Å²) in [6.45, 7) is 2.12. The van der Waals surface area contributed by atoms with Crippen LogP contribution < -0.4 is 14.2 Å². The van der Waals surface area contributed by atoms with E-state index in [-0.39, 0.29) is 6.54 Å². The zero-order valence-electron chi connectivity index (χ0n) is 16.7. The Labute approximate surface area is 173 Å². The van der Waals surface area contributed by atoms with Crippen LogP contribution in [-0.4, -0.2) is 47.2 Å². The molecule has 0 spiro atoms. The van der Waals surface area contributed by atoms with Gasteiger partial charge in [0.25, 0.3) is 0 Å². The second-order valence-electron chi connectivity index (χ2n) is 6.93. The number of ether oxygens (including phenoxy) is 2. The van der Waals surface area contributed by atoms with Crippen molar-refractivity contribution in [3.8, 4) is 11.5 Å². The minimum atomic E-state index is -4.28. The summed E-state index contributed by atoms with van der Waals surface area (Å²) in [7, 11) is -1.11. The Balaban J connectivity index is 1.56. The zero-order chi connectivity index (χ0) is 21.9. The van der Waals surface area contributed by atoms with E-state index in [0.29, 0.717) is 43.1 Å². The second kappa shape index (κ2) is 9.23. The number of hydrogen-bond donors (Lipinski definition) is 1. The Bertz CT molecular complexity index is 1030. The molecule has 164 valence electrons.